The Labute approximate surface area is 66.3 Å². The first-order valence-electron chi connectivity index (χ1n) is 3.13. The van der Waals surface area contributed by atoms with Gasteiger partial charge in [0.25, 0.3) is 0 Å². The van der Waals surface area contributed by atoms with Crippen molar-refractivity contribution in [1.29, 1.82) is 0 Å². The van der Waals surface area contributed by atoms with Crippen LogP contribution in [0.2, 0.25) is 0 Å². The molecule has 0 rings (SSSR count). The van der Waals surface area contributed by atoms with E-state index in [-0.39, 0.29) is 5.56 Å². The first-order valence-corrected chi connectivity index (χ1v) is 4.10. The number of hydrogen-bond acceptors (Lipinski definition) is 1. The molecule has 9 heavy (non-hydrogen) atoms. The highest BCUT2D eigenvalue weighted by Crippen LogP contribution is 2.01. The van der Waals surface area contributed by atoms with Crippen LogP contribution in [0.5, 0.6) is 0 Å². The van der Waals surface area contributed by atoms with E-state index >= 15 is 0 Å². The van der Waals surface area contributed by atoms with Crippen LogP contribution in [0.4, 0.5) is 0 Å². The summed E-state index contributed by atoms with van der Waals surface area (Å²) in [7, 11) is 0. The minimum absolute atomic E-state index is 0.307. The van der Waals surface area contributed by atoms with Gasteiger partial charge in [0.2, 0.25) is 0 Å². The van der Waals surface area contributed by atoms with E-state index in [1.54, 1.807) is 0 Å². The van der Waals surface area contributed by atoms with E-state index < -0.39 is 0 Å². The second-order valence-electron chi connectivity index (χ2n) is 1.79. The Morgan fingerprint density at radius 1 is 1.56 bits per heavy atom. The summed E-state index contributed by atoms with van der Waals surface area (Å²) in [5, 5.41) is 0. The molecule has 0 aromatic heterocycles. The molecule has 0 heterocycles. The molecule has 0 amide bonds. The second-order valence-corrected chi connectivity index (χ2v) is 2.58. The van der Waals surface area contributed by atoms with Gasteiger partial charge in [0, 0.05) is 6.61 Å². The zero-order valence-corrected chi connectivity index (χ0v) is 7.08. The lowest BCUT2D eigenvalue weighted by molar-refractivity contribution is 0.118. The molecule has 0 spiro atoms. The topological polar surface area (TPSA) is 9.23 Å². The molecule has 56 valence electrons. The molecule has 0 aliphatic heterocycles. The maximum atomic E-state index is 5.55. The highest BCUT2D eigenvalue weighted by Gasteiger charge is 1.99. The molecule has 0 N–H and O–H groups in total. The Hall–Kier alpha value is 0.540. The van der Waals surface area contributed by atoms with Crippen molar-refractivity contribution in [3.63, 3.8) is 0 Å². The van der Waals surface area contributed by atoms with E-state index in [4.69, 9.17) is 27.9 Å². The predicted molar refractivity (Wildman–Crippen MR) is 41.2 cm³/mol. The SMILES string of the molecule is CCCCOC(Cl)CCl. The van der Waals surface area contributed by atoms with Gasteiger partial charge in [-0.05, 0) is 6.42 Å². The fourth-order valence-electron chi connectivity index (χ4n) is 0.400. The third kappa shape index (κ3) is 6.42. The summed E-state index contributed by atoms with van der Waals surface area (Å²) in [5.41, 5.74) is -0.307. The lowest BCUT2D eigenvalue weighted by Gasteiger charge is -2.05. The molecule has 0 aliphatic carbocycles. The summed E-state index contributed by atoms with van der Waals surface area (Å²) in [5.74, 6) is 0.366. The monoisotopic (exact) mass is 170 g/mol. The van der Waals surface area contributed by atoms with Crippen LogP contribution in [0.3, 0.4) is 0 Å². The van der Waals surface area contributed by atoms with Gasteiger partial charge in [0.15, 0.2) is 0 Å². The summed E-state index contributed by atoms with van der Waals surface area (Å²) >= 11 is 10.9. The fourth-order valence-corrected chi connectivity index (χ4v) is 0.578. The standard InChI is InChI=1S/C6H12Cl2O/c1-2-3-4-9-6(8)5-7/h6H,2-5H2,1H3. The van der Waals surface area contributed by atoms with Gasteiger partial charge < -0.3 is 4.74 Å². The van der Waals surface area contributed by atoms with Crippen molar-refractivity contribution >= 4 is 23.2 Å². The van der Waals surface area contributed by atoms with Crippen LogP contribution in [0.15, 0.2) is 0 Å². The number of hydrogen-bond donors (Lipinski definition) is 0. The molecule has 1 atom stereocenters. The van der Waals surface area contributed by atoms with Crippen molar-refractivity contribution in [2.45, 2.75) is 25.3 Å². The molecule has 0 saturated carbocycles. The molecular formula is C6H12Cl2O. The summed E-state index contributed by atoms with van der Waals surface area (Å²) < 4.78 is 5.07. The van der Waals surface area contributed by atoms with Gasteiger partial charge in [0.1, 0.15) is 5.56 Å². The van der Waals surface area contributed by atoms with E-state index in [1.165, 1.54) is 0 Å². The number of unbranched alkanes of at least 4 members (excludes halogenated alkanes) is 1. The van der Waals surface area contributed by atoms with Crippen LogP contribution >= 0.6 is 23.2 Å². The van der Waals surface area contributed by atoms with Crippen molar-refractivity contribution in [2.24, 2.45) is 0 Å². The van der Waals surface area contributed by atoms with Crippen molar-refractivity contribution in [3.05, 3.63) is 0 Å². The average Bonchev–Trinajstić information content (AvgIpc) is 1.89. The smallest absolute Gasteiger partial charge is 0.144 e. The lowest BCUT2D eigenvalue weighted by atomic mass is 10.4. The minimum atomic E-state index is -0.307. The molecule has 0 fully saturated rings. The molecule has 0 bridgehead atoms. The van der Waals surface area contributed by atoms with E-state index in [2.05, 4.69) is 6.92 Å². The van der Waals surface area contributed by atoms with Crippen molar-refractivity contribution < 1.29 is 4.74 Å². The zero-order valence-electron chi connectivity index (χ0n) is 5.57. The highest BCUT2D eigenvalue weighted by atomic mass is 35.5. The molecule has 1 unspecified atom stereocenters. The number of rotatable bonds is 5. The van der Waals surface area contributed by atoms with Gasteiger partial charge in [0.05, 0.1) is 5.88 Å². The van der Waals surface area contributed by atoms with Crippen molar-refractivity contribution in [2.75, 3.05) is 12.5 Å². The largest absolute Gasteiger partial charge is 0.361 e. The van der Waals surface area contributed by atoms with Gasteiger partial charge >= 0.3 is 0 Å². The summed E-state index contributed by atoms with van der Waals surface area (Å²) in [4.78, 5) is 0. The molecule has 0 aromatic carbocycles. The third-order valence-corrected chi connectivity index (χ3v) is 1.64. The van der Waals surface area contributed by atoms with Crippen LogP contribution < -0.4 is 0 Å². The Bertz CT molecular complexity index is 59.0. The average molecular weight is 171 g/mol. The van der Waals surface area contributed by atoms with E-state index in [0.717, 1.165) is 19.4 Å². The molecule has 0 saturated heterocycles. The van der Waals surface area contributed by atoms with Gasteiger partial charge in [-0.15, -0.1) is 11.6 Å². The van der Waals surface area contributed by atoms with E-state index in [0.29, 0.717) is 5.88 Å². The predicted octanol–water partition coefficient (Wildman–Crippen LogP) is 2.61. The Kier molecular flexibility index (Phi) is 7.06. The van der Waals surface area contributed by atoms with Gasteiger partial charge in [-0.25, -0.2) is 0 Å². The van der Waals surface area contributed by atoms with E-state index in [1.807, 2.05) is 0 Å². The number of alkyl halides is 2. The number of ether oxygens (including phenoxy) is 1. The molecular weight excluding hydrogens is 159 g/mol. The van der Waals surface area contributed by atoms with Gasteiger partial charge in [-0.2, -0.15) is 0 Å². The maximum absolute atomic E-state index is 5.55. The lowest BCUT2D eigenvalue weighted by Crippen LogP contribution is -2.07. The Morgan fingerprint density at radius 3 is 2.67 bits per heavy atom. The molecule has 0 aromatic rings. The van der Waals surface area contributed by atoms with Gasteiger partial charge in [-0.3, -0.25) is 0 Å². The summed E-state index contributed by atoms with van der Waals surface area (Å²) in [6.07, 6.45) is 2.19. The van der Waals surface area contributed by atoms with Gasteiger partial charge in [-0.1, -0.05) is 24.9 Å². The molecule has 0 radical (unpaired) electrons. The van der Waals surface area contributed by atoms with Crippen LogP contribution in [0, 0.1) is 0 Å². The van der Waals surface area contributed by atoms with Crippen LogP contribution in [0.1, 0.15) is 19.8 Å². The Balaban J connectivity index is 2.88. The third-order valence-electron chi connectivity index (χ3n) is 0.918. The van der Waals surface area contributed by atoms with Crippen LogP contribution in [-0.2, 0) is 4.74 Å². The highest BCUT2D eigenvalue weighted by molar-refractivity contribution is 6.27. The first kappa shape index (κ1) is 9.54. The number of halogens is 2. The van der Waals surface area contributed by atoms with E-state index in [9.17, 15) is 0 Å². The Morgan fingerprint density at radius 2 is 2.22 bits per heavy atom. The quantitative estimate of drug-likeness (QED) is 0.456. The fraction of sp³-hybridized carbons (Fsp3) is 1.00. The summed E-state index contributed by atoms with van der Waals surface area (Å²) in [6, 6.07) is 0. The first-order chi connectivity index (χ1) is 4.31. The zero-order chi connectivity index (χ0) is 7.11. The van der Waals surface area contributed by atoms with Crippen molar-refractivity contribution in [1.82, 2.24) is 0 Å². The minimum Gasteiger partial charge on any atom is -0.361 e. The van der Waals surface area contributed by atoms with Crippen LogP contribution in [-0.4, -0.2) is 18.1 Å². The van der Waals surface area contributed by atoms with Crippen LogP contribution in [0.25, 0.3) is 0 Å². The maximum Gasteiger partial charge on any atom is 0.144 e. The molecule has 0 aliphatic rings. The molecule has 3 heteroatoms. The summed E-state index contributed by atoms with van der Waals surface area (Å²) in [6.45, 7) is 2.82. The second kappa shape index (κ2) is 6.66. The van der Waals surface area contributed by atoms with Crippen molar-refractivity contribution in [3.8, 4) is 0 Å². The molecule has 1 nitrogen and oxygen atoms in total. The normalized spacial score (nSPS) is 13.7.